The van der Waals surface area contributed by atoms with Gasteiger partial charge in [-0.1, -0.05) is 0 Å². The van der Waals surface area contributed by atoms with Gasteiger partial charge in [0.15, 0.2) is 0 Å². The Labute approximate surface area is 66.9 Å². The van der Waals surface area contributed by atoms with Crippen molar-refractivity contribution >= 4 is 5.82 Å². The maximum Gasteiger partial charge on any atom is 0.366 e. The smallest absolute Gasteiger partial charge is 0.366 e. The molecule has 0 spiro atoms. The van der Waals surface area contributed by atoms with Gasteiger partial charge in [0, 0.05) is 6.07 Å². The van der Waals surface area contributed by atoms with Crippen LogP contribution in [0.2, 0.25) is 0 Å². The van der Waals surface area contributed by atoms with Gasteiger partial charge in [0.1, 0.15) is 0 Å². The number of aromatic amines is 1. The van der Waals surface area contributed by atoms with E-state index in [1.807, 2.05) is 4.98 Å². The van der Waals surface area contributed by atoms with E-state index in [1.165, 1.54) is 13.2 Å². The van der Waals surface area contributed by atoms with Crippen molar-refractivity contribution in [2.45, 2.75) is 0 Å². The first kappa shape index (κ1) is 8.25. The fourth-order valence-electron chi connectivity index (χ4n) is 0.751. The first-order valence-electron chi connectivity index (χ1n) is 3.07. The number of pyridine rings is 1. The molecule has 64 valence electrons. The van der Waals surface area contributed by atoms with Crippen molar-refractivity contribution in [1.29, 1.82) is 0 Å². The molecule has 12 heavy (non-hydrogen) atoms. The van der Waals surface area contributed by atoms with E-state index in [2.05, 4.69) is 4.74 Å². The van der Waals surface area contributed by atoms with E-state index < -0.39 is 16.3 Å². The van der Waals surface area contributed by atoms with Crippen molar-refractivity contribution in [3.05, 3.63) is 32.6 Å². The molecular weight excluding hydrogens is 164 g/mol. The SMILES string of the molecule is COc1ccc(=O)[nH]c1[N+](=O)[O-]. The molecule has 1 aromatic rings. The molecule has 0 aliphatic rings. The summed E-state index contributed by atoms with van der Waals surface area (Å²) in [6.07, 6.45) is 0. The van der Waals surface area contributed by atoms with E-state index in [1.54, 1.807) is 0 Å². The summed E-state index contributed by atoms with van der Waals surface area (Å²) >= 11 is 0. The molecule has 0 radical (unpaired) electrons. The average molecular weight is 170 g/mol. The number of H-pyrrole nitrogens is 1. The van der Waals surface area contributed by atoms with Crippen LogP contribution in [0, 0.1) is 10.1 Å². The van der Waals surface area contributed by atoms with Crippen LogP contribution >= 0.6 is 0 Å². The van der Waals surface area contributed by atoms with E-state index in [4.69, 9.17) is 0 Å². The number of ether oxygens (including phenoxy) is 1. The molecule has 0 unspecified atom stereocenters. The van der Waals surface area contributed by atoms with Gasteiger partial charge in [-0.15, -0.1) is 0 Å². The summed E-state index contributed by atoms with van der Waals surface area (Å²) in [6, 6.07) is 2.41. The van der Waals surface area contributed by atoms with Crippen LogP contribution in [0.1, 0.15) is 0 Å². The van der Waals surface area contributed by atoms with Crippen molar-refractivity contribution in [1.82, 2.24) is 4.98 Å². The van der Waals surface area contributed by atoms with E-state index in [9.17, 15) is 14.9 Å². The third-order valence-electron chi connectivity index (χ3n) is 1.26. The highest BCUT2D eigenvalue weighted by atomic mass is 16.6. The lowest BCUT2D eigenvalue weighted by molar-refractivity contribution is -0.390. The lowest BCUT2D eigenvalue weighted by Crippen LogP contribution is -2.07. The average Bonchev–Trinajstić information content (AvgIpc) is 2.04. The normalized spacial score (nSPS) is 9.42. The summed E-state index contributed by atoms with van der Waals surface area (Å²) in [7, 11) is 1.29. The predicted octanol–water partition coefficient (Wildman–Crippen LogP) is 0.292. The van der Waals surface area contributed by atoms with Crippen molar-refractivity contribution in [2.75, 3.05) is 7.11 Å². The van der Waals surface area contributed by atoms with Gasteiger partial charge in [-0.05, 0) is 11.0 Å². The Bertz CT molecular complexity index is 357. The topological polar surface area (TPSA) is 85.2 Å². The molecular formula is C6H6N2O4. The Morgan fingerprint density at radius 1 is 1.58 bits per heavy atom. The largest absolute Gasteiger partial charge is 0.489 e. The molecule has 0 aromatic carbocycles. The van der Waals surface area contributed by atoms with Crippen LogP contribution in [0.15, 0.2) is 16.9 Å². The molecule has 1 N–H and O–H groups in total. The van der Waals surface area contributed by atoms with Crippen LogP contribution in [0.3, 0.4) is 0 Å². The Balaban J connectivity index is 3.31. The molecule has 0 amide bonds. The maximum absolute atomic E-state index is 10.6. The van der Waals surface area contributed by atoms with Crippen LogP contribution < -0.4 is 10.3 Å². The van der Waals surface area contributed by atoms with E-state index in [0.29, 0.717) is 0 Å². The highest BCUT2D eigenvalue weighted by Crippen LogP contribution is 2.20. The van der Waals surface area contributed by atoms with Crippen LogP contribution in [0.25, 0.3) is 0 Å². The Hall–Kier alpha value is -1.85. The Morgan fingerprint density at radius 3 is 2.75 bits per heavy atom. The fraction of sp³-hybridized carbons (Fsp3) is 0.167. The van der Waals surface area contributed by atoms with Gasteiger partial charge in [0.2, 0.25) is 5.75 Å². The standard InChI is InChI=1S/C6H6N2O4/c1-12-4-2-3-5(9)7-6(4)8(10)11/h2-3H,1H3,(H,7,9). The van der Waals surface area contributed by atoms with E-state index in [0.717, 1.165) is 6.07 Å². The molecule has 0 atom stereocenters. The molecule has 0 aliphatic carbocycles. The van der Waals surface area contributed by atoms with Gasteiger partial charge in [0.25, 0.3) is 0 Å². The molecule has 0 saturated carbocycles. The minimum Gasteiger partial charge on any atom is -0.489 e. The van der Waals surface area contributed by atoms with E-state index >= 15 is 0 Å². The molecule has 1 heterocycles. The first-order valence-corrected chi connectivity index (χ1v) is 3.07. The number of hydrogen-bond acceptors (Lipinski definition) is 4. The number of hydrogen-bond donors (Lipinski definition) is 1. The second-order valence-electron chi connectivity index (χ2n) is 2.00. The third kappa shape index (κ3) is 1.42. The zero-order valence-corrected chi connectivity index (χ0v) is 6.23. The van der Waals surface area contributed by atoms with Crippen LogP contribution in [-0.4, -0.2) is 17.0 Å². The highest BCUT2D eigenvalue weighted by molar-refractivity contribution is 5.38. The molecule has 0 fully saturated rings. The van der Waals surface area contributed by atoms with Crippen LogP contribution in [0.4, 0.5) is 5.82 Å². The first-order chi connectivity index (χ1) is 5.65. The van der Waals surface area contributed by atoms with Crippen molar-refractivity contribution < 1.29 is 9.66 Å². The van der Waals surface area contributed by atoms with Gasteiger partial charge in [0.05, 0.1) is 7.11 Å². The number of nitro groups is 1. The summed E-state index contributed by atoms with van der Waals surface area (Å²) in [5.41, 5.74) is -0.525. The number of aromatic nitrogens is 1. The fourth-order valence-corrected chi connectivity index (χ4v) is 0.751. The highest BCUT2D eigenvalue weighted by Gasteiger charge is 2.12. The quantitative estimate of drug-likeness (QED) is 0.510. The Kier molecular flexibility index (Phi) is 2.09. The van der Waals surface area contributed by atoms with Crippen molar-refractivity contribution in [3.63, 3.8) is 0 Å². The minimum atomic E-state index is -0.708. The predicted molar refractivity (Wildman–Crippen MR) is 40.3 cm³/mol. The van der Waals surface area contributed by atoms with E-state index in [-0.39, 0.29) is 5.75 Å². The van der Waals surface area contributed by atoms with Crippen molar-refractivity contribution in [3.8, 4) is 5.75 Å². The van der Waals surface area contributed by atoms with Gasteiger partial charge < -0.3 is 14.9 Å². The summed E-state index contributed by atoms with van der Waals surface area (Å²) in [5, 5.41) is 10.3. The molecule has 0 saturated heterocycles. The zero-order chi connectivity index (χ0) is 9.14. The monoisotopic (exact) mass is 170 g/mol. The van der Waals surface area contributed by atoms with Gasteiger partial charge in [-0.3, -0.25) is 0 Å². The lowest BCUT2D eigenvalue weighted by Gasteiger charge is -1.99. The van der Waals surface area contributed by atoms with Gasteiger partial charge in [-0.2, -0.15) is 0 Å². The summed E-state index contributed by atoms with van der Waals surface area (Å²) < 4.78 is 4.65. The third-order valence-corrected chi connectivity index (χ3v) is 1.26. The van der Waals surface area contributed by atoms with Crippen molar-refractivity contribution in [2.24, 2.45) is 0 Å². The van der Waals surface area contributed by atoms with Crippen LogP contribution in [-0.2, 0) is 0 Å². The second-order valence-corrected chi connectivity index (χ2v) is 2.00. The van der Waals surface area contributed by atoms with Crippen LogP contribution in [0.5, 0.6) is 5.75 Å². The molecule has 6 nitrogen and oxygen atoms in total. The molecule has 1 rings (SSSR count). The van der Waals surface area contributed by atoms with Gasteiger partial charge >= 0.3 is 11.4 Å². The summed E-state index contributed by atoms with van der Waals surface area (Å²) in [5.74, 6) is -0.385. The molecule has 6 heteroatoms. The molecule has 0 aliphatic heterocycles. The zero-order valence-electron chi connectivity index (χ0n) is 6.23. The summed E-state index contributed by atoms with van der Waals surface area (Å²) in [6.45, 7) is 0. The van der Waals surface area contributed by atoms with Gasteiger partial charge in [-0.25, -0.2) is 9.78 Å². The maximum atomic E-state index is 10.6. The minimum absolute atomic E-state index is 0.0413. The molecule has 1 aromatic heterocycles. The number of nitrogens with one attached hydrogen (secondary N) is 1. The second kappa shape index (κ2) is 3.04. The number of rotatable bonds is 2. The Morgan fingerprint density at radius 2 is 2.25 bits per heavy atom. The molecule has 0 bridgehead atoms. The number of nitrogens with zero attached hydrogens (tertiary/aromatic N) is 1. The number of methoxy groups -OCH3 is 1. The lowest BCUT2D eigenvalue weighted by atomic mass is 10.4. The summed E-state index contributed by atoms with van der Waals surface area (Å²) in [4.78, 5) is 22.3.